The quantitative estimate of drug-likeness (QED) is 0.0772. The van der Waals surface area contributed by atoms with E-state index in [1.807, 2.05) is 90.1 Å². The van der Waals surface area contributed by atoms with Crippen LogP contribution in [0.25, 0.3) is 28.3 Å². The van der Waals surface area contributed by atoms with Gasteiger partial charge in [-0.3, -0.25) is 9.11 Å². The van der Waals surface area contributed by atoms with Gasteiger partial charge in [0.25, 0.3) is 25.8 Å². The number of fused-ring (bicyclic) bond motifs is 2. The Balaban J connectivity index is 1.50. The van der Waals surface area contributed by atoms with Crippen molar-refractivity contribution >= 4 is 59.0 Å². The molecule has 0 atom stereocenters. The van der Waals surface area contributed by atoms with Gasteiger partial charge in [0.05, 0.1) is 23.3 Å². The van der Waals surface area contributed by atoms with Crippen LogP contribution in [0.2, 0.25) is 0 Å². The van der Waals surface area contributed by atoms with Crippen LogP contribution in [0.1, 0.15) is 50.5 Å². The number of anilines is 1. The fourth-order valence-corrected chi connectivity index (χ4v) is 6.88. The average Bonchev–Trinajstić information content (AvgIpc) is 3.52. The molecule has 1 aliphatic rings. The van der Waals surface area contributed by atoms with Crippen molar-refractivity contribution in [3.8, 4) is 16.9 Å². The highest BCUT2D eigenvalue weighted by atomic mass is 79.9. The van der Waals surface area contributed by atoms with Crippen molar-refractivity contribution in [2.45, 2.75) is 52.5 Å². The Kier molecular flexibility index (Phi) is 10.9. The van der Waals surface area contributed by atoms with Gasteiger partial charge in [0.15, 0.2) is 12.3 Å². The van der Waals surface area contributed by atoms with E-state index in [1.54, 1.807) is 0 Å². The maximum Gasteiger partial charge on any atom is 0.374 e. The zero-order valence-electron chi connectivity index (χ0n) is 26.2. The van der Waals surface area contributed by atoms with E-state index in [0.717, 1.165) is 37.9 Å². The van der Waals surface area contributed by atoms with Gasteiger partial charge in [0.1, 0.15) is 0 Å². The molecule has 0 unspecified atom stereocenters. The van der Waals surface area contributed by atoms with Gasteiger partial charge in [-0.25, -0.2) is 0 Å². The van der Waals surface area contributed by atoms with Crippen LogP contribution >= 0.6 is 15.9 Å². The number of benzene rings is 3. The summed E-state index contributed by atoms with van der Waals surface area (Å²) in [4.78, 5) is 2.02. The molecular weight excluding hydrogens is 708 g/mol. The van der Waals surface area contributed by atoms with Gasteiger partial charge in [0, 0.05) is 29.6 Å². The standard InChI is InChI=1S/C34H37BrN2O8S2/c1-3-25(21-33-36(16-4-6-18-46(38,39)40)29-20-24(2)8-14-31(29)44-33)22-34-37(17-5-7-19-47(41,42)43)30-23-27(11-15-32(30)45-34)26-9-12-28(35)13-10-26/h8-15,20-23H,3-7,16-19H2,1-2H3,(H-,38,39,40,41,42,43)/p+1. The second-order valence-corrected chi connectivity index (χ2v) is 15.6. The zero-order chi connectivity index (χ0) is 33.8. The SMILES string of the molecule is CCC(=Cc1oc2ccc(-c3ccc(Br)cc3)cc2[n+]1CCCCS(=O)(=O)O)C=C1Oc2ccc(C)cc2N1CCCCS(=O)(=O)O. The van der Waals surface area contributed by atoms with Crippen molar-refractivity contribution in [3.05, 3.63) is 94.1 Å². The summed E-state index contributed by atoms with van der Waals surface area (Å²) in [6, 6.07) is 19.9. The minimum absolute atomic E-state index is 0.288. The normalized spacial score (nSPS) is 14.6. The molecule has 250 valence electrons. The second-order valence-electron chi connectivity index (χ2n) is 11.5. The van der Waals surface area contributed by atoms with Crippen LogP contribution in [0.5, 0.6) is 5.75 Å². The second kappa shape index (κ2) is 14.7. The van der Waals surface area contributed by atoms with Gasteiger partial charge in [0.2, 0.25) is 11.5 Å². The van der Waals surface area contributed by atoms with Crippen molar-refractivity contribution in [3.63, 3.8) is 0 Å². The molecule has 5 rings (SSSR count). The lowest BCUT2D eigenvalue weighted by Crippen LogP contribution is -2.35. The number of oxazole rings is 1. The molecule has 0 aliphatic carbocycles. The first-order valence-corrected chi connectivity index (χ1v) is 19.4. The summed E-state index contributed by atoms with van der Waals surface area (Å²) in [6.45, 7) is 4.98. The number of hydrogen-bond donors (Lipinski definition) is 2. The first-order chi connectivity index (χ1) is 22.3. The molecule has 0 fully saturated rings. The number of unbranched alkanes of at least 4 members (excludes halogenated alkanes) is 2. The van der Waals surface area contributed by atoms with Gasteiger partial charge < -0.3 is 14.1 Å². The summed E-state index contributed by atoms with van der Waals surface area (Å²) < 4.78 is 79.3. The van der Waals surface area contributed by atoms with Crippen LogP contribution in [-0.4, -0.2) is 44.0 Å². The third kappa shape index (κ3) is 9.32. The van der Waals surface area contributed by atoms with E-state index in [0.29, 0.717) is 61.9 Å². The molecule has 1 aromatic heterocycles. The molecule has 10 nitrogen and oxygen atoms in total. The number of aromatic nitrogens is 1. The zero-order valence-corrected chi connectivity index (χ0v) is 29.4. The molecule has 3 aromatic carbocycles. The lowest BCUT2D eigenvalue weighted by Gasteiger charge is -2.19. The molecule has 2 N–H and O–H groups in total. The highest BCUT2D eigenvalue weighted by Crippen LogP contribution is 2.40. The minimum atomic E-state index is -4.06. The lowest BCUT2D eigenvalue weighted by atomic mass is 10.1. The number of nitrogens with zero attached hydrogens (tertiary/aromatic N) is 2. The van der Waals surface area contributed by atoms with Gasteiger partial charge >= 0.3 is 5.89 Å². The maximum atomic E-state index is 11.4. The molecule has 47 heavy (non-hydrogen) atoms. The van der Waals surface area contributed by atoms with Crippen molar-refractivity contribution in [2.75, 3.05) is 23.0 Å². The summed E-state index contributed by atoms with van der Waals surface area (Å²) in [5, 5.41) is 0. The van der Waals surface area contributed by atoms with Gasteiger partial charge in [-0.15, -0.1) is 0 Å². The third-order valence-corrected chi connectivity index (χ3v) is 10.0. The number of ether oxygens (including phenoxy) is 1. The monoisotopic (exact) mass is 745 g/mol. The third-order valence-electron chi connectivity index (χ3n) is 7.89. The molecule has 0 spiro atoms. The van der Waals surface area contributed by atoms with Crippen LogP contribution in [0.4, 0.5) is 5.69 Å². The summed E-state index contributed by atoms with van der Waals surface area (Å²) in [5.41, 5.74) is 6.42. The Morgan fingerprint density at radius 2 is 1.57 bits per heavy atom. The largest absolute Gasteiger partial charge is 0.439 e. The number of aryl methyl sites for hydroxylation is 2. The molecule has 4 aromatic rings. The van der Waals surface area contributed by atoms with E-state index < -0.39 is 20.2 Å². The molecule has 0 bridgehead atoms. The van der Waals surface area contributed by atoms with Crippen molar-refractivity contribution < 1.29 is 39.7 Å². The summed E-state index contributed by atoms with van der Waals surface area (Å²) in [6.07, 6.45) is 6.15. The molecule has 0 saturated heterocycles. The van der Waals surface area contributed by atoms with Crippen LogP contribution in [0.3, 0.4) is 0 Å². The van der Waals surface area contributed by atoms with E-state index in [2.05, 4.69) is 22.0 Å². The van der Waals surface area contributed by atoms with Crippen LogP contribution in [0.15, 0.2) is 87.1 Å². The van der Waals surface area contributed by atoms with Crippen molar-refractivity contribution in [1.82, 2.24) is 0 Å². The Morgan fingerprint density at radius 1 is 0.894 bits per heavy atom. The molecule has 0 saturated carbocycles. The predicted octanol–water partition coefficient (Wildman–Crippen LogP) is 7.33. The highest BCUT2D eigenvalue weighted by Gasteiger charge is 2.27. The molecule has 1 aliphatic heterocycles. The van der Waals surface area contributed by atoms with Gasteiger partial charge in [-0.05, 0) is 85.2 Å². The Hall–Kier alpha value is -3.49. The number of halogens is 1. The summed E-state index contributed by atoms with van der Waals surface area (Å²) in [7, 11) is -8.10. The van der Waals surface area contributed by atoms with E-state index in [4.69, 9.17) is 9.15 Å². The van der Waals surface area contributed by atoms with Crippen LogP contribution in [-0.2, 0) is 26.8 Å². The van der Waals surface area contributed by atoms with Crippen molar-refractivity contribution in [2.24, 2.45) is 0 Å². The molecular formula is C34H38BrN2O8S2+. The fraction of sp³-hybridized carbons (Fsp3) is 0.324. The predicted molar refractivity (Wildman–Crippen MR) is 186 cm³/mol. The number of hydrogen-bond acceptors (Lipinski definition) is 7. The Labute approximate surface area is 284 Å². The first-order valence-electron chi connectivity index (χ1n) is 15.4. The Morgan fingerprint density at radius 3 is 2.26 bits per heavy atom. The molecule has 0 amide bonds. The molecule has 2 heterocycles. The average molecular weight is 747 g/mol. The van der Waals surface area contributed by atoms with Crippen LogP contribution in [0, 0.1) is 6.92 Å². The Bertz CT molecular complexity index is 2040. The number of allylic oxidation sites excluding steroid dienone is 2. The summed E-state index contributed by atoms with van der Waals surface area (Å²) in [5.74, 6) is 1.26. The fourth-order valence-electron chi connectivity index (χ4n) is 5.48. The minimum Gasteiger partial charge on any atom is -0.439 e. The van der Waals surface area contributed by atoms with Crippen molar-refractivity contribution in [1.29, 1.82) is 0 Å². The number of rotatable bonds is 14. The van der Waals surface area contributed by atoms with E-state index >= 15 is 0 Å². The molecule has 13 heteroatoms. The van der Waals surface area contributed by atoms with E-state index in [-0.39, 0.29) is 17.9 Å². The van der Waals surface area contributed by atoms with Crippen LogP contribution < -0.4 is 14.2 Å². The van der Waals surface area contributed by atoms with Gasteiger partial charge in [-0.2, -0.15) is 21.4 Å². The lowest BCUT2D eigenvalue weighted by molar-refractivity contribution is -0.678. The van der Waals surface area contributed by atoms with E-state index in [1.165, 1.54) is 0 Å². The van der Waals surface area contributed by atoms with E-state index in [9.17, 15) is 25.9 Å². The topological polar surface area (TPSA) is 138 Å². The first kappa shape index (κ1) is 34.8. The van der Waals surface area contributed by atoms with Gasteiger partial charge in [-0.1, -0.05) is 47.1 Å². The highest BCUT2D eigenvalue weighted by molar-refractivity contribution is 9.10. The maximum absolute atomic E-state index is 11.4. The summed E-state index contributed by atoms with van der Waals surface area (Å²) >= 11 is 3.49. The smallest absolute Gasteiger partial charge is 0.374 e. The molecule has 0 radical (unpaired) electrons.